The molecule has 1 atom stereocenters. The number of cyclic esters (lactones) is 1. The minimum atomic E-state index is -1.12. The van der Waals surface area contributed by atoms with Gasteiger partial charge in [0.25, 0.3) is 5.91 Å². The van der Waals surface area contributed by atoms with E-state index in [1.807, 2.05) is 6.07 Å². The van der Waals surface area contributed by atoms with Gasteiger partial charge in [0.05, 0.1) is 30.8 Å². The molecule has 1 unspecified atom stereocenters. The molecule has 0 N–H and O–H groups in total. The lowest BCUT2D eigenvalue weighted by atomic mass is 10.0. The molecule has 1 heterocycles. The number of ether oxygens (including phenoxy) is 1. The highest BCUT2D eigenvalue weighted by atomic mass is 35.5. The molecule has 25 heavy (non-hydrogen) atoms. The predicted molar refractivity (Wildman–Crippen MR) is 99.4 cm³/mol. The van der Waals surface area contributed by atoms with Crippen molar-refractivity contribution in [2.75, 3.05) is 4.90 Å². The van der Waals surface area contributed by atoms with Gasteiger partial charge < -0.3 is 4.74 Å². The number of rotatable bonds is 2. The Hall–Kier alpha value is -1.17. The molecule has 2 amide bonds. The average molecular weight is 440 g/mol. The highest BCUT2D eigenvalue weighted by molar-refractivity contribution is 6.57. The van der Waals surface area contributed by atoms with E-state index >= 15 is 0 Å². The topological polar surface area (TPSA) is 46.6 Å². The monoisotopic (exact) mass is 437 g/mol. The molecule has 1 saturated heterocycles. The molecule has 0 bridgehead atoms. The van der Waals surface area contributed by atoms with E-state index in [1.54, 1.807) is 25.1 Å². The molecule has 0 aromatic heterocycles. The van der Waals surface area contributed by atoms with Gasteiger partial charge >= 0.3 is 6.09 Å². The van der Waals surface area contributed by atoms with Crippen molar-refractivity contribution in [1.82, 2.24) is 0 Å². The van der Waals surface area contributed by atoms with Crippen molar-refractivity contribution in [2.45, 2.75) is 13.0 Å². The van der Waals surface area contributed by atoms with Crippen LogP contribution in [0.2, 0.25) is 25.1 Å². The summed E-state index contributed by atoms with van der Waals surface area (Å²) >= 11 is 30.3. The van der Waals surface area contributed by atoms with Crippen LogP contribution < -0.4 is 4.90 Å². The number of imide groups is 1. The van der Waals surface area contributed by atoms with Crippen LogP contribution in [0.15, 0.2) is 24.3 Å². The van der Waals surface area contributed by atoms with Crippen LogP contribution in [0.4, 0.5) is 10.5 Å². The van der Waals surface area contributed by atoms with Gasteiger partial charge in [0.15, 0.2) is 0 Å². The molecule has 130 valence electrons. The highest BCUT2D eigenvalue weighted by Crippen LogP contribution is 2.50. The third kappa shape index (κ3) is 2.96. The van der Waals surface area contributed by atoms with Gasteiger partial charge in [-0.05, 0) is 12.5 Å². The van der Waals surface area contributed by atoms with Gasteiger partial charge in [-0.2, -0.15) is 0 Å². The standard InChI is InChI=1S/C16H8Cl5NO3/c1-6-4-2-3-5-7(6)14-15(23)22(16(24)25-14)13-11(20)9(18)8(17)10(19)12(13)21/h2-5,14H,1H3. The Morgan fingerprint density at radius 2 is 1.40 bits per heavy atom. The first kappa shape index (κ1) is 18.6. The molecule has 1 fully saturated rings. The number of aryl methyl sites for hydroxylation is 1. The van der Waals surface area contributed by atoms with Gasteiger partial charge in [0, 0.05) is 5.56 Å². The van der Waals surface area contributed by atoms with Crippen molar-refractivity contribution in [3.05, 3.63) is 60.5 Å². The van der Waals surface area contributed by atoms with Gasteiger partial charge in [-0.1, -0.05) is 82.3 Å². The number of halogens is 5. The van der Waals surface area contributed by atoms with Crippen LogP contribution in [-0.2, 0) is 9.53 Å². The zero-order valence-electron chi connectivity index (χ0n) is 12.4. The number of anilines is 1. The Bertz CT molecular complexity index is 886. The molecular weight excluding hydrogens is 431 g/mol. The second kappa shape index (κ2) is 6.86. The molecule has 2 aromatic carbocycles. The van der Waals surface area contributed by atoms with Gasteiger partial charge in [0.1, 0.15) is 0 Å². The molecule has 4 nitrogen and oxygen atoms in total. The van der Waals surface area contributed by atoms with E-state index < -0.39 is 18.1 Å². The molecule has 3 rings (SSSR count). The minimum Gasteiger partial charge on any atom is -0.430 e. The Morgan fingerprint density at radius 3 is 1.96 bits per heavy atom. The van der Waals surface area contributed by atoms with E-state index in [0.717, 1.165) is 10.5 Å². The van der Waals surface area contributed by atoms with Crippen molar-refractivity contribution in [3.8, 4) is 0 Å². The summed E-state index contributed by atoms with van der Waals surface area (Å²) in [5.41, 5.74) is 1.19. The van der Waals surface area contributed by atoms with Crippen LogP contribution in [0.5, 0.6) is 0 Å². The van der Waals surface area contributed by atoms with E-state index in [2.05, 4.69) is 0 Å². The molecule has 1 aliphatic heterocycles. The Balaban J connectivity index is 2.13. The molecule has 0 spiro atoms. The van der Waals surface area contributed by atoms with Crippen LogP contribution in [0.1, 0.15) is 17.2 Å². The number of amides is 2. The summed E-state index contributed by atoms with van der Waals surface area (Å²) in [7, 11) is 0. The van der Waals surface area contributed by atoms with Gasteiger partial charge in [0.2, 0.25) is 6.10 Å². The van der Waals surface area contributed by atoms with Crippen LogP contribution in [-0.4, -0.2) is 12.0 Å². The molecule has 0 saturated carbocycles. The predicted octanol–water partition coefficient (Wildman–Crippen LogP) is 6.49. The van der Waals surface area contributed by atoms with Crippen molar-refractivity contribution >= 4 is 75.7 Å². The van der Waals surface area contributed by atoms with Crippen LogP contribution in [0.25, 0.3) is 0 Å². The molecule has 9 heteroatoms. The number of nitrogens with zero attached hydrogens (tertiary/aromatic N) is 1. The van der Waals surface area contributed by atoms with Gasteiger partial charge in [-0.3, -0.25) is 4.79 Å². The Morgan fingerprint density at radius 1 is 0.880 bits per heavy atom. The maximum absolute atomic E-state index is 12.8. The van der Waals surface area contributed by atoms with E-state index in [4.69, 9.17) is 62.7 Å². The van der Waals surface area contributed by atoms with E-state index in [9.17, 15) is 9.59 Å². The average Bonchev–Trinajstić information content (AvgIpc) is 2.87. The summed E-state index contributed by atoms with van der Waals surface area (Å²) in [5.74, 6) is -0.655. The van der Waals surface area contributed by atoms with E-state index in [-0.39, 0.29) is 30.8 Å². The quantitative estimate of drug-likeness (QED) is 0.397. The first-order chi connectivity index (χ1) is 11.8. The first-order valence-electron chi connectivity index (χ1n) is 6.87. The zero-order chi connectivity index (χ0) is 18.5. The fourth-order valence-corrected chi connectivity index (χ4v) is 3.78. The third-order valence-electron chi connectivity index (χ3n) is 3.73. The number of hydrogen-bond acceptors (Lipinski definition) is 3. The molecular formula is C16H8Cl5NO3. The fourth-order valence-electron chi connectivity index (χ4n) is 2.48. The lowest BCUT2D eigenvalue weighted by Gasteiger charge is -2.18. The molecule has 0 radical (unpaired) electrons. The molecule has 1 aliphatic rings. The second-order valence-corrected chi connectivity index (χ2v) is 7.10. The summed E-state index contributed by atoms with van der Waals surface area (Å²) in [6.07, 6.45) is -2.05. The van der Waals surface area contributed by atoms with Crippen LogP contribution in [0.3, 0.4) is 0 Å². The van der Waals surface area contributed by atoms with Crippen molar-refractivity contribution < 1.29 is 14.3 Å². The Kier molecular flexibility index (Phi) is 5.11. The highest BCUT2D eigenvalue weighted by Gasteiger charge is 2.45. The number of carbonyl (C=O) groups excluding carboxylic acids is 2. The number of hydrogen-bond donors (Lipinski definition) is 0. The molecule has 2 aromatic rings. The van der Waals surface area contributed by atoms with Gasteiger partial charge in [-0.25, -0.2) is 9.69 Å². The largest absolute Gasteiger partial charge is 0.430 e. The summed E-state index contributed by atoms with van der Waals surface area (Å²) in [5, 5.41) is -0.647. The Labute approximate surface area is 168 Å². The van der Waals surface area contributed by atoms with Gasteiger partial charge in [-0.15, -0.1) is 0 Å². The lowest BCUT2D eigenvalue weighted by molar-refractivity contribution is -0.122. The minimum absolute atomic E-state index is 0.0717. The van der Waals surface area contributed by atoms with E-state index in [0.29, 0.717) is 5.56 Å². The molecule has 0 aliphatic carbocycles. The normalized spacial score (nSPS) is 17.2. The third-order valence-corrected chi connectivity index (χ3v) is 5.98. The van der Waals surface area contributed by atoms with Crippen molar-refractivity contribution in [2.24, 2.45) is 0 Å². The summed E-state index contributed by atoms with van der Waals surface area (Å²) in [4.78, 5) is 25.9. The second-order valence-electron chi connectivity index (χ2n) is 5.21. The summed E-state index contributed by atoms with van der Waals surface area (Å²) < 4.78 is 5.23. The van der Waals surface area contributed by atoms with Crippen LogP contribution in [0, 0.1) is 6.92 Å². The fraction of sp³-hybridized carbons (Fsp3) is 0.125. The van der Waals surface area contributed by atoms with Crippen molar-refractivity contribution in [1.29, 1.82) is 0 Å². The first-order valence-corrected chi connectivity index (χ1v) is 8.76. The smallest absolute Gasteiger partial charge is 0.422 e. The van der Waals surface area contributed by atoms with E-state index in [1.165, 1.54) is 0 Å². The maximum atomic E-state index is 12.8. The summed E-state index contributed by atoms with van der Waals surface area (Å²) in [6.45, 7) is 1.80. The van der Waals surface area contributed by atoms with Crippen LogP contribution >= 0.6 is 58.0 Å². The number of carbonyl (C=O) groups is 2. The van der Waals surface area contributed by atoms with Crippen molar-refractivity contribution in [3.63, 3.8) is 0 Å². The number of benzene rings is 2. The lowest BCUT2D eigenvalue weighted by Crippen LogP contribution is -2.30. The zero-order valence-corrected chi connectivity index (χ0v) is 16.2. The maximum Gasteiger partial charge on any atom is 0.422 e. The SMILES string of the molecule is Cc1ccccc1C1OC(=O)N(c2c(Cl)c(Cl)c(Cl)c(Cl)c2Cl)C1=O. The summed E-state index contributed by atoms with van der Waals surface area (Å²) in [6, 6.07) is 7.04.